The summed E-state index contributed by atoms with van der Waals surface area (Å²) in [5, 5.41) is 13.0. The van der Waals surface area contributed by atoms with Gasteiger partial charge in [-0.1, -0.05) is 18.2 Å². The summed E-state index contributed by atoms with van der Waals surface area (Å²) in [7, 11) is 0. The van der Waals surface area contributed by atoms with E-state index >= 15 is 0 Å². The molecule has 2 aromatic heterocycles. The van der Waals surface area contributed by atoms with E-state index in [1.165, 1.54) is 24.3 Å². The highest BCUT2D eigenvalue weighted by atomic mass is 19.4. The van der Waals surface area contributed by atoms with Crippen molar-refractivity contribution in [2.75, 3.05) is 5.32 Å². The lowest BCUT2D eigenvalue weighted by molar-refractivity contribution is -0.137. The van der Waals surface area contributed by atoms with Crippen molar-refractivity contribution in [3.05, 3.63) is 83.2 Å². The van der Waals surface area contributed by atoms with Gasteiger partial charge in [-0.05, 0) is 49.4 Å². The second-order valence-electron chi connectivity index (χ2n) is 7.39. The van der Waals surface area contributed by atoms with Crippen molar-refractivity contribution in [3.8, 4) is 11.3 Å². The molecule has 0 spiro atoms. The van der Waals surface area contributed by atoms with Gasteiger partial charge in [-0.15, -0.1) is 0 Å². The number of hydrogen-bond acceptors (Lipinski definition) is 4. The van der Waals surface area contributed by atoms with Gasteiger partial charge in [0, 0.05) is 33.6 Å². The molecule has 2 aromatic carbocycles. The Hall–Kier alpha value is -4.01. The molecule has 0 bridgehead atoms. The molecule has 0 amide bonds. The van der Waals surface area contributed by atoms with E-state index in [2.05, 4.69) is 15.3 Å². The Morgan fingerprint density at radius 1 is 1.00 bits per heavy atom. The maximum absolute atomic E-state index is 13.5. The minimum atomic E-state index is -4.42. The van der Waals surface area contributed by atoms with E-state index in [4.69, 9.17) is 0 Å². The summed E-state index contributed by atoms with van der Waals surface area (Å²) in [5.41, 5.74) is 2.28. The number of carboxylic acids is 1. The van der Waals surface area contributed by atoms with E-state index in [0.717, 1.165) is 12.1 Å². The van der Waals surface area contributed by atoms with Crippen LogP contribution in [-0.4, -0.2) is 21.0 Å². The molecule has 9 heteroatoms. The molecule has 4 rings (SSSR count). The fourth-order valence-electron chi connectivity index (χ4n) is 3.47. The molecule has 2 N–H and O–H groups in total. The lowest BCUT2D eigenvalue weighted by Crippen LogP contribution is -2.04. The van der Waals surface area contributed by atoms with Crippen molar-refractivity contribution < 1.29 is 27.5 Å². The van der Waals surface area contributed by atoms with Crippen molar-refractivity contribution in [3.63, 3.8) is 0 Å². The highest BCUT2D eigenvalue weighted by molar-refractivity contribution is 5.96. The first-order valence-electron chi connectivity index (χ1n) is 9.81. The van der Waals surface area contributed by atoms with Crippen molar-refractivity contribution in [1.82, 2.24) is 9.97 Å². The van der Waals surface area contributed by atoms with Gasteiger partial charge in [-0.25, -0.2) is 14.2 Å². The fraction of sp³-hybridized carbons (Fsp3) is 0.125. The number of anilines is 2. The number of carboxylic acid groups (broad SMARTS) is 1. The molecule has 33 heavy (non-hydrogen) atoms. The lowest BCUT2D eigenvalue weighted by atomic mass is 10.0. The Labute approximate surface area is 185 Å². The molecule has 168 valence electrons. The SMILES string of the molecule is Cc1cc(Nc2ccc(C(F)(F)F)cc2)c2ccc(-c3nc(C(=O)O)ccc3CF)cc2n1. The van der Waals surface area contributed by atoms with Crippen LogP contribution in [0.15, 0.2) is 60.7 Å². The molecule has 0 unspecified atom stereocenters. The number of carbonyl (C=O) groups is 1. The first kappa shape index (κ1) is 22.2. The van der Waals surface area contributed by atoms with Crippen molar-refractivity contribution in [2.24, 2.45) is 0 Å². The summed E-state index contributed by atoms with van der Waals surface area (Å²) in [5.74, 6) is -1.22. The number of alkyl halides is 4. The smallest absolute Gasteiger partial charge is 0.416 e. The number of nitrogens with one attached hydrogen (secondary N) is 1. The predicted octanol–water partition coefficient (Wildman–Crippen LogP) is 6.54. The van der Waals surface area contributed by atoms with Crippen LogP contribution in [0.2, 0.25) is 0 Å². The Bertz CT molecular complexity index is 1350. The second-order valence-corrected chi connectivity index (χ2v) is 7.39. The third kappa shape index (κ3) is 4.62. The van der Waals surface area contributed by atoms with Crippen LogP contribution < -0.4 is 5.32 Å². The number of hydrogen-bond donors (Lipinski definition) is 2. The molecule has 4 aromatic rings. The lowest BCUT2D eigenvalue weighted by Gasteiger charge is -2.14. The van der Waals surface area contributed by atoms with Crippen LogP contribution in [0.1, 0.15) is 27.3 Å². The number of aromatic carboxylic acids is 1. The summed E-state index contributed by atoms with van der Waals surface area (Å²) in [6.07, 6.45) is -4.42. The molecule has 0 radical (unpaired) electrons. The second kappa shape index (κ2) is 8.50. The van der Waals surface area contributed by atoms with E-state index < -0.39 is 24.4 Å². The fourth-order valence-corrected chi connectivity index (χ4v) is 3.47. The Morgan fingerprint density at radius 3 is 2.36 bits per heavy atom. The Morgan fingerprint density at radius 2 is 1.73 bits per heavy atom. The van der Waals surface area contributed by atoms with E-state index in [1.807, 2.05) is 0 Å². The molecule has 5 nitrogen and oxygen atoms in total. The highest BCUT2D eigenvalue weighted by Crippen LogP contribution is 2.33. The van der Waals surface area contributed by atoms with Gasteiger partial charge in [0.1, 0.15) is 12.4 Å². The molecule has 0 aliphatic rings. The van der Waals surface area contributed by atoms with Gasteiger partial charge in [0.15, 0.2) is 0 Å². The average molecular weight is 455 g/mol. The normalized spacial score (nSPS) is 11.5. The van der Waals surface area contributed by atoms with Gasteiger partial charge in [0.2, 0.25) is 0 Å². The zero-order valence-electron chi connectivity index (χ0n) is 17.2. The number of pyridine rings is 2. The molecular formula is C24H17F4N3O2. The number of halogens is 4. The number of benzene rings is 2. The first-order chi connectivity index (χ1) is 15.7. The minimum Gasteiger partial charge on any atom is -0.477 e. The number of nitrogens with zero attached hydrogens (tertiary/aromatic N) is 2. The van der Waals surface area contributed by atoms with Crippen LogP contribution in [0.3, 0.4) is 0 Å². The zero-order chi connectivity index (χ0) is 23.8. The molecule has 0 aliphatic heterocycles. The van der Waals surface area contributed by atoms with Crippen molar-refractivity contribution >= 4 is 28.2 Å². The number of fused-ring (bicyclic) bond motifs is 1. The Kier molecular flexibility index (Phi) is 5.71. The highest BCUT2D eigenvalue weighted by Gasteiger charge is 2.30. The van der Waals surface area contributed by atoms with Crippen LogP contribution in [0.5, 0.6) is 0 Å². The summed E-state index contributed by atoms with van der Waals surface area (Å²) in [6.45, 7) is 0.947. The predicted molar refractivity (Wildman–Crippen MR) is 116 cm³/mol. The third-order valence-corrected chi connectivity index (χ3v) is 5.04. The summed E-state index contributed by atoms with van der Waals surface area (Å²) in [4.78, 5) is 19.9. The number of rotatable bonds is 5. The van der Waals surface area contributed by atoms with Crippen LogP contribution >= 0.6 is 0 Å². The molecular weight excluding hydrogens is 438 g/mol. The third-order valence-electron chi connectivity index (χ3n) is 5.04. The largest absolute Gasteiger partial charge is 0.477 e. The average Bonchev–Trinajstić information content (AvgIpc) is 2.77. The topological polar surface area (TPSA) is 75.1 Å². The van der Waals surface area contributed by atoms with E-state index in [-0.39, 0.29) is 17.0 Å². The first-order valence-corrected chi connectivity index (χ1v) is 9.81. The molecule has 0 saturated heterocycles. The van der Waals surface area contributed by atoms with E-state index in [1.54, 1.807) is 31.2 Å². The van der Waals surface area contributed by atoms with Gasteiger partial charge < -0.3 is 10.4 Å². The zero-order valence-corrected chi connectivity index (χ0v) is 17.2. The molecule has 0 atom stereocenters. The maximum atomic E-state index is 13.5. The van der Waals surface area contributed by atoms with E-state index in [9.17, 15) is 27.5 Å². The number of aromatic nitrogens is 2. The van der Waals surface area contributed by atoms with Crippen LogP contribution in [-0.2, 0) is 12.9 Å². The van der Waals surface area contributed by atoms with E-state index in [0.29, 0.717) is 33.5 Å². The van der Waals surface area contributed by atoms with Crippen molar-refractivity contribution in [2.45, 2.75) is 19.8 Å². The van der Waals surface area contributed by atoms with Crippen LogP contribution in [0.25, 0.3) is 22.2 Å². The monoisotopic (exact) mass is 455 g/mol. The molecule has 0 fully saturated rings. The van der Waals surface area contributed by atoms with Gasteiger partial charge in [-0.2, -0.15) is 13.2 Å². The Balaban J connectivity index is 1.75. The standard InChI is InChI=1S/C24H17F4N3O2/c1-13-10-20(30-17-6-4-16(5-7-17)24(26,27)28)18-8-2-14(11-21(18)29-13)22-15(12-25)3-9-19(31-22)23(32)33/h2-11H,12H2,1H3,(H,29,30)(H,32,33). The van der Waals surface area contributed by atoms with Gasteiger partial charge >= 0.3 is 12.1 Å². The molecule has 0 saturated carbocycles. The molecule has 2 heterocycles. The number of aryl methyl sites for hydroxylation is 1. The van der Waals surface area contributed by atoms with Crippen molar-refractivity contribution in [1.29, 1.82) is 0 Å². The van der Waals surface area contributed by atoms with Crippen LogP contribution in [0.4, 0.5) is 28.9 Å². The van der Waals surface area contributed by atoms with Gasteiger partial charge in [0.25, 0.3) is 0 Å². The molecule has 0 aliphatic carbocycles. The maximum Gasteiger partial charge on any atom is 0.416 e. The summed E-state index contributed by atoms with van der Waals surface area (Å²) < 4.78 is 52.0. The minimum absolute atomic E-state index is 0.204. The summed E-state index contributed by atoms with van der Waals surface area (Å²) >= 11 is 0. The van der Waals surface area contributed by atoms with Gasteiger partial charge in [0.05, 0.1) is 16.8 Å². The van der Waals surface area contributed by atoms with Crippen LogP contribution in [0, 0.1) is 6.92 Å². The van der Waals surface area contributed by atoms with Gasteiger partial charge in [-0.3, -0.25) is 4.98 Å². The quantitative estimate of drug-likeness (QED) is 0.335. The summed E-state index contributed by atoms with van der Waals surface area (Å²) in [6, 6.07) is 14.1.